The Kier molecular flexibility index (Phi) is 2.65. The summed E-state index contributed by atoms with van der Waals surface area (Å²) in [7, 11) is 1.64. The van der Waals surface area contributed by atoms with Crippen molar-refractivity contribution in [2.45, 2.75) is 25.8 Å². The Morgan fingerprint density at radius 3 is 3.06 bits per heavy atom. The first-order valence-electron chi connectivity index (χ1n) is 6.44. The number of carbonyl (C=O) groups excluding carboxylic acids is 1. The lowest BCUT2D eigenvalue weighted by Crippen LogP contribution is -2.52. The molecule has 1 amide bonds. The quantitative estimate of drug-likeness (QED) is 0.826. The molecule has 1 fully saturated rings. The summed E-state index contributed by atoms with van der Waals surface area (Å²) in [6.45, 7) is 3.17. The molecule has 2 unspecified atom stereocenters. The number of hydrogen-bond acceptors (Lipinski definition) is 3. The number of ether oxygens (including phenoxy) is 1. The van der Waals surface area contributed by atoms with Gasteiger partial charge in [-0.3, -0.25) is 4.79 Å². The van der Waals surface area contributed by atoms with E-state index in [-0.39, 0.29) is 11.9 Å². The molecular weight excluding hydrogens is 228 g/mol. The maximum atomic E-state index is 12.1. The molecule has 2 heterocycles. The standard InChI is InChI=1S/C14H18N2O2/c1-9-5-6-16-12-4-3-10(18-2)8-11(12)15-14(17)13(16)7-9/h3-4,8-9,13H,5-7H2,1-2H3,(H,15,17). The van der Waals surface area contributed by atoms with Crippen LogP contribution in [0.25, 0.3) is 0 Å². The molecule has 0 aromatic heterocycles. The second-order valence-electron chi connectivity index (χ2n) is 5.21. The van der Waals surface area contributed by atoms with Gasteiger partial charge < -0.3 is 15.0 Å². The number of nitrogens with one attached hydrogen (secondary N) is 1. The third-order valence-corrected chi connectivity index (χ3v) is 3.94. The van der Waals surface area contributed by atoms with Crippen LogP contribution in [0.5, 0.6) is 5.75 Å². The van der Waals surface area contributed by atoms with Gasteiger partial charge >= 0.3 is 0 Å². The van der Waals surface area contributed by atoms with Crippen molar-refractivity contribution < 1.29 is 9.53 Å². The van der Waals surface area contributed by atoms with Crippen molar-refractivity contribution in [3.05, 3.63) is 18.2 Å². The molecule has 0 aliphatic carbocycles. The van der Waals surface area contributed by atoms with Gasteiger partial charge in [-0.2, -0.15) is 0 Å². The van der Waals surface area contributed by atoms with Gasteiger partial charge in [0.2, 0.25) is 5.91 Å². The molecule has 18 heavy (non-hydrogen) atoms. The predicted molar refractivity (Wildman–Crippen MR) is 71.2 cm³/mol. The Morgan fingerprint density at radius 1 is 1.44 bits per heavy atom. The van der Waals surface area contributed by atoms with Gasteiger partial charge in [0.05, 0.1) is 18.5 Å². The molecule has 96 valence electrons. The first-order chi connectivity index (χ1) is 8.69. The molecule has 1 aromatic rings. The van der Waals surface area contributed by atoms with E-state index in [9.17, 15) is 4.79 Å². The summed E-state index contributed by atoms with van der Waals surface area (Å²) >= 11 is 0. The topological polar surface area (TPSA) is 41.6 Å². The Balaban J connectivity index is 1.99. The van der Waals surface area contributed by atoms with Crippen LogP contribution in [0.2, 0.25) is 0 Å². The van der Waals surface area contributed by atoms with Crippen molar-refractivity contribution >= 4 is 17.3 Å². The fourth-order valence-corrected chi connectivity index (χ4v) is 2.89. The van der Waals surface area contributed by atoms with Crippen LogP contribution in [-0.2, 0) is 4.79 Å². The first kappa shape index (κ1) is 11.4. The lowest BCUT2D eigenvalue weighted by molar-refractivity contribution is -0.118. The summed E-state index contributed by atoms with van der Waals surface area (Å²) in [6.07, 6.45) is 2.09. The zero-order valence-corrected chi connectivity index (χ0v) is 10.8. The van der Waals surface area contributed by atoms with Crippen LogP contribution in [0, 0.1) is 5.92 Å². The molecule has 0 spiro atoms. The van der Waals surface area contributed by atoms with Crippen LogP contribution in [-0.4, -0.2) is 25.6 Å². The van der Waals surface area contributed by atoms with Gasteiger partial charge in [-0.1, -0.05) is 6.92 Å². The van der Waals surface area contributed by atoms with E-state index in [4.69, 9.17) is 4.74 Å². The molecule has 4 nitrogen and oxygen atoms in total. The Bertz CT molecular complexity index is 487. The second-order valence-corrected chi connectivity index (χ2v) is 5.21. The maximum absolute atomic E-state index is 12.1. The van der Waals surface area contributed by atoms with Crippen LogP contribution in [0.3, 0.4) is 0 Å². The molecule has 2 aliphatic heterocycles. The minimum atomic E-state index is -0.00496. The largest absolute Gasteiger partial charge is 0.497 e. The van der Waals surface area contributed by atoms with E-state index in [2.05, 4.69) is 17.1 Å². The van der Waals surface area contributed by atoms with Crippen molar-refractivity contribution in [2.24, 2.45) is 5.92 Å². The number of nitrogens with zero attached hydrogens (tertiary/aromatic N) is 1. The Morgan fingerprint density at radius 2 is 2.28 bits per heavy atom. The van der Waals surface area contributed by atoms with Crippen molar-refractivity contribution in [3.63, 3.8) is 0 Å². The molecule has 4 heteroatoms. The smallest absolute Gasteiger partial charge is 0.247 e. The molecule has 3 rings (SSSR count). The summed E-state index contributed by atoms with van der Waals surface area (Å²) < 4.78 is 5.20. The molecule has 2 atom stereocenters. The fraction of sp³-hybridized carbons (Fsp3) is 0.500. The highest BCUT2D eigenvalue weighted by Gasteiger charge is 2.36. The average Bonchev–Trinajstić information content (AvgIpc) is 2.38. The minimum absolute atomic E-state index is 0.00496. The number of piperidine rings is 1. The number of benzene rings is 1. The molecule has 2 aliphatic rings. The minimum Gasteiger partial charge on any atom is -0.497 e. The number of fused-ring (bicyclic) bond motifs is 3. The van der Waals surface area contributed by atoms with Crippen molar-refractivity contribution in [1.29, 1.82) is 0 Å². The van der Waals surface area contributed by atoms with E-state index in [1.54, 1.807) is 7.11 Å². The molecule has 1 saturated heterocycles. The van der Waals surface area contributed by atoms with E-state index in [1.807, 2.05) is 18.2 Å². The summed E-state index contributed by atoms with van der Waals surface area (Å²) in [6, 6.07) is 5.87. The van der Waals surface area contributed by atoms with E-state index in [1.165, 1.54) is 0 Å². The molecule has 1 N–H and O–H groups in total. The molecule has 0 bridgehead atoms. The van der Waals surface area contributed by atoms with Crippen LogP contribution >= 0.6 is 0 Å². The highest BCUT2D eigenvalue weighted by Crippen LogP contribution is 2.38. The van der Waals surface area contributed by atoms with Gasteiger partial charge in [-0.15, -0.1) is 0 Å². The zero-order valence-electron chi connectivity index (χ0n) is 10.8. The number of hydrogen-bond donors (Lipinski definition) is 1. The normalized spacial score (nSPS) is 26.1. The second kappa shape index (κ2) is 4.19. The molecule has 0 saturated carbocycles. The summed E-state index contributed by atoms with van der Waals surface area (Å²) in [5.74, 6) is 1.51. The summed E-state index contributed by atoms with van der Waals surface area (Å²) in [5.41, 5.74) is 1.98. The van der Waals surface area contributed by atoms with Crippen LogP contribution < -0.4 is 15.0 Å². The number of anilines is 2. The monoisotopic (exact) mass is 246 g/mol. The van der Waals surface area contributed by atoms with Crippen molar-refractivity contribution in [3.8, 4) is 5.75 Å². The third-order valence-electron chi connectivity index (χ3n) is 3.94. The fourth-order valence-electron chi connectivity index (χ4n) is 2.89. The number of amides is 1. The van der Waals surface area contributed by atoms with Gasteiger partial charge in [0.25, 0.3) is 0 Å². The highest BCUT2D eigenvalue weighted by molar-refractivity contribution is 6.04. The zero-order chi connectivity index (χ0) is 12.7. The third kappa shape index (κ3) is 1.72. The van der Waals surface area contributed by atoms with E-state index in [0.29, 0.717) is 5.92 Å². The highest BCUT2D eigenvalue weighted by atomic mass is 16.5. The number of methoxy groups -OCH3 is 1. The molecular formula is C14H18N2O2. The van der Waals surface area contributed by atoms with Crippen LogP contribution in [0.4, 0.5) is 11.4 Å². The predicted octanol–water partition coefficient (Wildman–Crippen LogP) is 2.25. The van der Waals surface area contributed by atoms with Gasteiger partial charge in [0.1, 0.15) is 11.8 Å². The average molecular weight is 246 g/mol. The Hall–Kier alpha value is -1.71. The van der Waals surface area contributed by atoms with Gasteiger partial charge in [0.15, 0.2) is 0 Å². The lowest BCUT2D eigenvalue weighted by atomic mass is 9.90. The maximum Gasteiger partial charge on any atom is 0.247 e. The van der Waals surface area contributed by atoms with E-state index < -0.39 is 0 Å². The van der Waals surface area contributed by atoms with Gasteiger partial charge in [-0.05, 0) is 30.9 Å². The summed E-state index contributed by atoms with van der Waals surface area (Å²) in [5, 5.41) is 2.99. The Labute approximate surface area is 107 Å². The SMILES string of the molecule is COc1ccc2c(c1)NC(=O)C1CC(C)CCN21. The van der Waals surface area contributed by atoms with Gasteiger partial charge in [0, 0.05) is 12.6 Å². The summed E-state index contributed by atoms with van der Waals surface area (Å²) in [4.78, 5) is 14.4. The molecule has 0 radical (unpaired) electrons. The van der Waals surface area contributed by atoms with E-state index >= 15 is 0 Å². The number of rotatable bonds is 1. The molecule has 1 aromatic carbocycles. The van der Waals surface area contributed by atoms with Crippen molar-refractivity contribution in [1.82, 2.24) is 0 Å². The lowest BCUT2D eigenvalue weighted by Gasteiger charge is -2.43. The van der Waals surface area contributed by atoms with Crippen LogP contribution in [0.1, 0.15) is 19.8 Å². The van der Waals surface area contributed by atoms with Crippen LogP contribution in [0.15, 0.2) is 18.2 Å². The first-order valence-corrected chi connectivity index (χ1v) is 6.44. The van der Waals surface area contributed by atoms with Crippen molar-refractivity contribution in [2.75, 3.05) is 23.9 Å². The number of carbonyl (C=O) groups is 1. The van der Waals surface area contributed by atoms with E-state index in [0.717, 1.165) is 36.5 Å². The van der Waals surface area contributed by atoms with Gasteiger partial charge in [-0.25, -0.2) is 0 Å².